The number of aryl methyl sites for hydroxylation is 1. The quantitative estimate of drug-likeness (QED) is 0.854. The molecule has 1 fully saturated rings. The lowest BCUT2D eigenvalue weighted by Gasteiger charge is -2.31. The van der Waals surface area contributed by atoms with Gasteiger partial charge in [-0.05, 0) is 38.0 Å². The van der Waals surface area contributed by atoms with E-state index in [9.17, 15) is 17.6 Å². The first-order chi connectivity index (χ1) is 12.9. The number of halogens is 1. The van der Waals surface area contributed by atoms with Crippen LogP contribution in [0.25, 0.3) is 0 Å². The van der Waals surface area contributed by atoms with Gasteiger partial charge in [0.2, 0.25) is 15.9 Å². The summed E-state index contributed by atoms with van der Waals surface area (Å²) in [5.41, 5.74) is 1.39. The van der Waals surface area contributed by atoms with Gasteiger partial charge < -0.3 is 5.32 Å². The molecule has 0 saturated carbocycles. The van der Waals surface area contributed by atoms with E-state index in [0.29, 0.717) is 24.9 Å². The molecule has 1 unspecified atom stereocenters. The van der Waals surface area contributed by atoms with Crippen LogP contribution in [0.1, 0.15) is 24.0 Å². The second-order valence-electron chi connectivity index (χ2n) is 6.82. The van der Waals surface area contributed by atoms with Crippen molar-refractivity contribution in [1.82, 2.24) is 9.62 Å². The van der Waals surface area contributed by atoms with Crippen LogP contribution in [-0.2, 0) is 21.4 Å². The van der Waals surface area contributed by atoms with Crippen LogP contribution in [-0.4, -0.2) is 31.7 Å². The molecule has 3 rings (SSSR count). The molecule has 27 heavy (non-hydrogen) atoms. The second-order valence-corrected chi connectivity index (χ2v) is 8.76. The molecular formula is C20H23FN2O3S. The van der Waals surface area contributed by atoms with Gasteiger partial charge in [0, 0.05) is 25.2 Å². The molecule has 1 amide bonds. The molecule has 1 N–H and O–H groups in total. The van der Waals surface area contributed by atoms with Crippen LogP contribution < -0.4 is 5.32 Å². The van der Waals surface area contributed by atoms with Gasteiger partial charge in [0.25, 0.3) is 0 Å². The smallest absolute Gasteiger partial charge is 0.243 e. The average Bonchev–Trinajstić information content (AvgIpc) is 2.67. The highest BCUT2D eigenvalue weighted by Gasteiger charge is 2.33. The van der Waals surface area contributed by atoms with Crippen LogP contribution in [0, 0.1) is 18.7 Å². The number of hydrogen-bond acceptors (Lipinski definition) is 3. The number of amides is 1. The molecule has 0 bridgehead atoms. The Morgan fingerprint density at radius 3 is 2.59 bits per heavy atom. The summed E-state index contributed by atoms with van der Waals surface area (Å²) in [6, 6.07) is 13.0. The molecule has 1 saturated heterocycles. The molecule has 0 spiro atoms. The lowest BCUT2D eigenvalue weighted by molar-refractivity contribution is -0.126. The predicted octanol–water partition coefficient (Wildman–Crippen LogP) is 2.85. The highest BCUT2D eigenvalue weighted by molar-refractivity contribution is 7.89. The Morgan fingerprint density at radius 2 is 1.89 bits per heavy atom. The number of hydrogen-bond donors (Lipinski definition) is 1. The first-order valence-electron chi connectivity index (χ1n) is 8.96. The Balaban J connectivity index is 1.65. The van der Waals surface area contributed by atoms with Crippen LogP contribution in [0.4, 0.5) is 4.39 Å². The van der Waals surface area contributed by atoms with Crippen LogP contribution in [0.3, 0.4) is 0 Å². The Labute approximate surface area is 159 Å². The number of rotatable bonds is 5. The maximum Gasteiger partial charge on any atom is 0.243 e. The monoisotopic (exact) mass is 390 g/mol. The van der Waals surface area contributed by atoms with E-state index < -0.39 is 15.9 Å². The minimum Gasteiger partial charge on any atom is -0.352 e. The van der Waals surface area contributed by atoms with Crippen molar-refractivity contribution in [3.8, 4) is 0 Å². The summed E-state index contributed by atoms with van der Waals surface area (Å²) in [6.45, 7) is 2.52. The van der Waals surface area contributed by atoms with Gasteiger partial charge in [-0.25, -0.2) is 12.8 Å². The first-order valence-corrected chi connectivity index (χ1v) is 10.4. The van der Waals surface area contributed by atoms with E-state index in [1.54, 1.807) is 42.5 Å². The van der Waals surface area contributed by atoms with Gasteiger partial charge >= 0.3 is 0 Å². The second kappa shape index (κ2) is 8.19. The van der Waals surface area contributed by atoms with Crippen molar-refractivity contribution in [2.45, 2.75) is 31.2 Å². The van der Waals surface area contributed by atoms with Crippen molar-refractivity contribution in [1.29, 1.82) is 0 Å². The van der Waals surface area contributed by atoms with Crippen molar-refractivity contribution in [3.05, 3.63) is 65.5 Å². The number of nitrogens with one attached hydrogen (secondary N) is 1. The summed E-state index contributed by atoms with van der Waals surface area (Å²) in [5, 5.41) is 2.73. The summed E-state index contributed by atoms with van der Waals surface area (Å²) in [6.07, 6.45) is 1.23. The van der Waals surface area contributed by atoms with Gasteiger partial charge in [0.15, 0.2) is 0 Å². The third kappa shape index (κ3) is 4.54. The van der Waals surface area contributed by atoms with Gasteiger partial charge in [-0.3, -0.25) is 4.79 Å². The Morgan fingerprint density at radius 1 is 1.19 bits per heavy atom. The standard InChI is InChI=1S/C20H23FN2O3S/c1-15-8-10-18(11-9-15)27(25,26)23-12-4-6-17(14-23)20(24)22-13-16-5-2-3-7-19(16)21/h2-3,5,7-11,17H,4,6,12-14H2,1H3,(H,22,24). The van der Waals surface area contributed by atoms with Gasteiger partial charge in [-0.15, -0.1) is 0 Å². The van der Waals surface area contributed by atoms with E-state index in [-0.39, 0.29) is 29.7 Å². The predicted molar refractivity (Wildman–Crippen MR) is 101 cm³/mol. The lowest BCUT2D eigenvalue weighted by Crippen LogP contribution is -2.45. The third-order valence-corrected chi connectivity index (χ3v) is 6.70. The van der Waals surface area contributed by atoms with Gasteiger partial charge in [0.05, 0.1) is 10.8 Å². The molecule has 7 heteroatoms. The summed E-state index contributed by atoms with van der Waals surface area (Å²) in [7, 11) is -3.63. The maximum atomic E-state index is 13.7. The first kappa shape index (κ1) is 19.5. The molecule has 1 atom stereocenters. The van der Waals surface area contributed by atoms with Crippen LogP contribution in [0.5, 0.6) is 0 Å². The molecule has 1 aliphatic heterocycles. The van der Waals surface area contributed by atoms with Crippen LogP contribution >= 0.6 is 0 Å². The average molecular weight is 390 g/mol. The number of benzene rings is 2. The Hall–Kier alpha value is -2.25. The van der Waals surface area contributed by atoms with E-state index in [1.807, 2.05) is 6.92 Å². The molecule has 1 aliphatic rings. The van der Waals surface area contributed by atoms with Crippen LogP contribution in [0.15, 0.2) is 53.4 Å². The summed E-state index contributed by atoms with van der Waals surface area (Å²) in [5.74, 6) is -1.06. The summed E-state index contributed by atoms with van der Waals surface area (Å²) < 4.78 is 40.7. The fraction of sp³-hybridized carbons (Fsp3) is 0.350. The highest BCUT2D eigenvalue weighted by Crippen LogP contribution is 2.24. The zero-order valence-corrected chi connectivity index (χ0v) is 16.0. The van der Waals surface area contributed by atoms with E-state index in [0.717, 1.165) is 5.56 Å². The molecule has 0 aromatic heterocycles. The van der Waals surface area contributed by atoms with Gasteiger partial charge in [-0.1, -0.05) is 35.9 Å². The topological polar surface area (TPSA) is 66.5 Å². The molecule has 0 radical (unpaired) electrons. The number of piperidine rings is 1. The minimum absolute atomic E-state index is 0.0900. The van der Waals surface area contributed by atoms with Crippen molar-refractivity contribution in [2.24, 2.45) is 5.92 Å². The normalized spacial score (nSPS) is 18.2. The summed E-state index contributed by atoms with van der Waals surface area (Å²) >= 11 is 0. The number of nitrogens with zero attached hydrogens (tertiary/aromatic N) is 1. The van der Waals surface area contributed by atoms with Crippen molar-refractivity contribution < 1.29 is 17.6 Å². The van der Waals surface area contributed by atoms with Crippen LogP contribution in [0.2, 0.25) is 0 Å². The van der Waals surface area contributed by atoms with Crippen molar-refractivity contribution in [3.63, 3.8) is 0 Å². The van der Waals surface area contributed by atoms with E-state index >= 15 is 0 Å². The number of carbonyl (C=O) groups is 1. The third-order valence-electron chi connectivity index (χ3n) is 4.82. The number of sulfonamides is 1. The lowest BCUT2D eigenvalue weighted by atomic mass is 9.98. The molecule has 5 nitrogen and oxygen atoms in total. The molecule has 2 aromatic rings. The van der Waals surface area contributed by atoms with E-state index in [1.165, 1.54) is 10.4 Å². The fourth-order valence-electron chi connectivity index (χ4n) is 3.20. The van der Waals surface area contributed by atoms with Gasteiger partial charge in [-0.2, -0.15) is 4.31 Å². The zero-order chi connectivity index (χ0) is 19.4. The fourth-order valence-corrected chi connectivity index (χ4v) is 4.73. The maximum absolute atomic E-state index is 13.7. The highest BCUT2D eigenvalue weighted by atomic mass is 32.2. The summed E-state index contributed by atoms with van der Waals surface area (Å²) in [4.78, 5) is 12.7. The van der Waals surface area contributed by atoms with E-state index in [4.69, 9.17) is 0 Å². The van der Waals surface area contributed by atoms with E-state index in [2.05, 4.69) is 5.32 Å². The van der Waals surface area contributed by atoms with Crippen molar-refractivity contribution >= 4 is 15.9 Å². The molecule has 144 valence electrons. The van der Waals surface area contributed by atoms with Crippen molar-refractivity contribution in [2.75, 3.05) is 13.1 Å². The minimum atomic E-state index is -3.63. The number of carbonyl (C=O) groups excluding carboxylic acids is 1. The largest absolute Gasteiger partial charge is 0.352 e. The molecule has 1 heterocycles. The molecule has 2 aromatic carbocycles. The molecular weight excluding hydrogens is 367 g/mol. The molecule has 0 aliphatic carbocycles. The SMILES string of the molecule is Cc1ccc(S(=O)(=O)N2CCCC(C(=O)NCc3ccccc3F)C2)cc1. The zero-order valence-electron chi connectivity index (χ0n) is 15.2. The van der Waals surface area contributed by atoms with Gasteiger partial charge in [0.1, 0.15) is 5.82 Å². The Bertz CT molecular complexity index is 913. The Kier molecular flexibility index (Phi) is 5.92.